The van der Waals surface area contributed by atoms with Crippen LogP contribution in [0.15, 0.2) is 16.6 Å². The molecule has 1 aliphatic rings. The van der Waals surface area contributed by atoms with Gasteiger partial charge in [0.1, 0.15) is 6.10 Å². The standard InChI is InChI=1S/C20H34IN5O7/c1-4-5-6-10(2)23-19(22)25-14-8-12(18(30)31)7-13(14)16(24-11(3)28)17(15(29)9-27)33-20(32)26-21/h7,10,13-17,27,29H,4-6,8-9H2,1-3H3,(H,24,28)(H,26,32)(H,30,31)(H3,22,23,25)/t10?,13-,14-,15+,16+,17+/m1/s1. The SMILES string of the molecule is CCCCC(C)NC(N)=N[C@@H]1CC(C(=O)O)=C[C@H]1[C@H](NC(C)=O)[C@@H](OC(=O)NI)[C@@H](O)CO. The number of hydrogen-bond acceptors (Lipinski definition) is 7. The molecule has 0 saturated carbocycles. The first-order valence-corrected chi connectivity index (χ1v) is 11.8. The molecule has 188 valence electrons. The number of rotatable bonds is 12. The summed E-state index contributed by atoms with van der Waals surface area (Å²) in [5.74, 6) is -2.35. The van der Waals surface area contributed by atoms with E-state index < -0.39 is 54.8 Å². The number of ether oxygens (including phenoxy) is 1. The Morgan fingerprint density at radius 3 is 2.55 bits per heavy atom. The van der Waals surface area contributed by atoms with Gasteiger partial charge in [0.25, 0.3) is 0 Å². The second kappa shape index (κ2) is 14.2. The summed E-state index contributed by atoms with van der Waals surface area (Å²) in [5, 5.41) is 35.0. The summed E-state index contributed by atoms with van der Waals surface area (Å²) in [5.41, 5.74) is 6.12. The van der Waals surface area contributed by atoms with E-state index in [-0.39, 0.29) is 24.0 Å². The van der Waals surface area contributed by atoms with Crippen molar-refractivity contribution >= 4 is 46.8 Å². The maximum atomic E-state index is 11.9. The van der Waals surface area contributed by atoms with E-state index in [1.165, 1.54) is 35.9 Å². The third kappa shape index (κ3) is 9.33. The van der Waals surface area contributed by atoms with Crippen LogP contribution in [0.1, 0.15) is 46.5 Å². The Balaban J connectivity index is 3.32. The summed E-state index contributed by atoms with van der Waals surface area (Å²) in [6.45, 7) is 4.50. The molecule has 8 N–H and O–H groups in total. The Labute approximate surface area is 206 Å². The van der Waals surface area contributed by atoms with Crippen molar-refractivity contribution in [3.63, 3.8) is 0 Å². The normalized spacial score (nSPS) is 21.9. The predicted molar refractivity (Wildman–Crippen MR) is 129 cm³/mol. The molecule has 12 nitrogen and oxygen atoms in total. The van der Waals surface area contributed by atoms with Crippen molar-refractivity contribution in [3.05, 3.63) is 11.6 Å². The van der Waals surface area contributed by atoms with Gasteiger partial charge < -0.3 is 36.4 Å². The second-order valence-electron chi connectivity index (χ2n) is 7.99. The number of carboxylic acid groups (broad SMARTS) is 1. The molecule has 0 aromatic heterocycles. The fourth-order valence-corrected chi connectivity index (χ4v) is 3.86. The number of nitrogens with zero attached hydrogens (tertiary/aromatic N) is 1. The van der Waals surface area contributed by atoms with Crippen molar-refractivity contribution in [1.82, 2.24) is 14.2 Å². The van der Waals surface area contributed by atoms with Gasteiger partial charge in [-0.05, 0) is 13.3 Å². The molecule has 0 aromatic carbocycles. The average Bonchev–Trinajstić information content (AvgIpc) is 3.17. The monoisotopic (exact) mass is 583 g/mol. The Hall–Kier alpha value is -2.13. The number of nitrogens with two attached hydrogens (primary N) is 1. The van der Waals surface area contributed by atoms with Gasteiger partial charge in [0.05, 0.1) is 41.6 Å². The Bertz CT molecular complexity index is 748. The first kappa shape index (κ1) is 28.9. The Morgan fingerprint density at radius 2 is 2.03 bits per heavy atom. The van der Waals surface area contributed by atoms with Crippen LogP contribution in [-0.2, 0) is 14.3 Å². The summed E-state index contributed by atoms with van der Waals surface area (Å²) in [7, 11) is 0. The van der Waals surface area contributed by atoms with E-state index in [0.717, 1.165) is 19.3 Å². The smallest absolute Gasteiger partial charge is 0.416 e. The fraction of sp³-hybridized carbons (Fsp3) is 0.700. The summed E-state index contributed by atoms with van der Waals surface area (Å²) in [4.78, 5) is 39.9. The van der Waals surface area contributed by atoms with E-state index in [2.05, 4.69) is 26.1 Å². The molecule has 0 spiro atoms. The van der Waals surface area contributed by atoms with Crippen molar-refractivity contribution in [2.75, 3.05) is 6.61 Å². The number of aliphatic imine (C=N–C) groups is 1. The number of nitrogens with one attached hydrogen (secondary N) is 3. The number of carboxylic acids is 1. The zero-order chi connectivity index (χ0) is 25.1. The highest BCUT2D eigenvalue weighted by Crippen LogP contribution is 2.33. The van der Waals surface area contributed by atoms with E-state index in [1.807, 2.05) is 6.92 Å². The first-order chi connectivity index (χ1) is 15.5. The Kier molecular flexibility index (Phi) is 12.4. The van der Waals surface area contributed by atoms with Gasteiger partial charge in [0.15, 0.2) is 12.1 Å². The first-order valence-electron chi connectivity index (χ1n) is 10.7. The Morgan fingerprint density at radius 1 is 1.36 bits per heavy atom. The van der Waals surface area contributed by atoms with E-state index in [4.69, 9.17) is 10.5 Å². The molecule has 0 bridgehead atoms. The lowest BCUT2D eigenvalue weighted by molar-refractivity contribution is -0.132. The molecule has 1 unspecified atom stereocenters. The van der Waals surface area contributed by atoms with E-state index in [1.54, 1.807) is 0 Å². The summed E-state index contributed by atoms with van der Waals surface area (Å²) >= 11 is 1.54. The van der Waals surface area contributed by atoms with Crippen molar-refractivity contribution in [2.24, 2.45) is 16.6 Å². The third-order valence-corrected chi connectivity index (χ3v) is 5.70. The number of aliphatic hydroxyl groups excluding tert-OH is 2. The van der Waals surface area contributed by atoms with Crippen LogP contribution < -0.4 is 19.9 Å². The topological polar surface area (TPSA) is 196 Å². The highest BCUT2D eigenvalue weighted by Gasteiger charge is 2.43. The molecular formula is C20H34IN5O7. The largest absolute Gasteiger partial charge is 0.478 e. The third-order valence-electron chi connectivity index (χ3n) is 5.26. The van der Waals surface area contributed by atoms with Gasteiger partial charge in [-0.15, -0.1) is 0 Å². The van der Waals surface area contributed by atoms with E-state index in [9.17, 15) is 29.7 Å². The lowest BCUT2D eigenvalue weighted by atomic mass is 9.88. The highest BCUT2D eigenvalue weighted by atomic mass is 127. The molecule has 1 rings (SSSR count). The maximum Gasteiger partial charge on any atom is 0.416 e. The molecule has 1 aliphatic carbocycles. The van der Waals surface area contributed by atoms with Crippen LogP contribution in [0.5, 0.6) is 0 Å². The molecule has 2 amide bonds. The molecule has 0 aromatic rings. The molecule has 13 heteroatoms. The van der Waals surface area contributed by atoms with Gasteiger partial charge in [-0.1, -0.05) is 25.8 Å². The van der Waals surface area contributed by atoms with Crippen molar-refractivity contribution in [2.45, 2.75) is 76.8 Å². The van der Waals surface area contributed by atoms with E-state index in [0.29, 0.717) is 0 Å². The quantitative estimate of drug-likeness (QED) is 0.0725. The van der Waals surface area contributed by atoms with Gasteiger partial charge in [-0.25, -0.2) is 14.6 Å². The highest BCUT2D eigenvalue weighted by molar-refractivity contribution is 14.1. The molecule has 33 heavy (non-hydrogen) atoms. The zero-order valence-corrected chi connectivity index (χ0v) is 21.1. The molecule has 6 atom stereocenters. The minimum absolute atomic E-state index is 0.0161. The van der Waals surface area contributed by atoms with Crippen LogP contribution in [0.3, 0.4) is 0 Å². The molecule has 0 aliphatic heterocycles. The van der Waals surface area contributed by atoms with Crippen LogP contribution in [0, 0.1) is 5.92 Å². The van der Waals surface area contributed by atoms with Crippen LogP contribution in [0.2, 0.25) is 0 Å². The lowest BCUT2D eigenvalue weighted by Crippen LogP contribution is -2.56. The summed E-state index contributed by atoms with van der Waals surface area (Å²) < 4.78 is 7.45. The summed E-state index contributed by atoms with van der Waals surface area (Å²) in [6.07, 6.45) is 0.477. The maximum absolute atomic E-state index is 11.9. The number of unbranched alkanes of at least 4 members (excludes halogenated alkanes) is 1. The van der Waals surface area contributed by atoms with Gasteiger partial charge in [0, 0.05) is 30.9 Å². The van der Waals surface area contributed by atoms with Gasteiger partial charge in [-0.2, -0.15) is 0 Å². The second-order valence-corrected chi connectivity index (χ2v) is 8.53. The van der Waals surface area contributed by atoms with Gasteiger partial charge in [0.2, 0.25) is 5.91 Å². The molecule has 0 saturated heterocycles. The molecular weight excluding hydrogens is 549 g/mol. The number of aliphatic hydroxyl groups is 2. The summed E-state index contributed by atoms with van der Waals surface area (Å²) in [6, 6.07) is -1.76. The van der Waals surface area contributed by atoms with Crippen LogP contribution in [0.4, 0.5) is 4.79 Å². The van der Waals surface area contributed by atoms with Gasteiger partial charge in [-0.3, -0.25) is 8.32 Å². The van der Waals surface area contributed by atoms with Crippen molar-refractivity contribution < 1.29 is 34.4 Å². The number of amides is 2. The number of halogens is 1. The average molecular weight is 583 g/mol. The molecule has 0 radical (unpaired) electrons. The van der Waals surface area contributed by atoms with Crippen LogP contribution >= 0.6 is 22.9 Å². The van der Waals surface area contributed by atoms with E-state index >= 15 is 0 Å². The molecule has 0 fully saturated rings. The van der Waals surface area contributed by atoms with Crippen molar-refractivity contribution in [3.8, 4) is 0 Å². The minimum Gasteiger partial charge on any atom is -0.478 e. The van der Waals surface area contributed by atoms with Crippen LogP contribution in [-0.4, -0.2) is 76.2 Å². The molecule has 0 heterocycles. The zero-order valence-electron chi connectivity index (χ0n) is 19.0. The lowest BCUT2D eigenvalue weighted by Gasteiger charge is -2.35. The minimum atomic E-state index is -1.55. The number of aliphatic carboxylic acids is 1. The number of guanidine groups is 1. The van der Waals surface area contributed by atoms with Gasteiger partial charge >= 0.3 is 12.1 Å². The predicted octanol–water partition coefficient (Wildman–Crippen LogP) is 0.172. The fourth-order valence-electron chi connectivity index (χ4n) is 3.73. The van der Waals surface area contributed by atoms with Crippen molar-refractivity contribution in [1.29, 1.82) is 0 Å². The number of hydrogen-bond donors (Lipinski definition) is 7. The number of carbonyl (C=O) groups is 3. The van der Waals surface area contributed by atoms with Crippen LogP contribution in [0.25, 0.3) is 0 Å². The number of carbonyl (C=O) groups excluding carboxylic acids is 2.